The van der Waals surface area contributed by atoms with Gasteiger partial charge in [0, 0.05) is 19.4 Å². The van der Waals surface area contributed by atoms with Crippen LogP contribution in [0.3, 0.4) is 0 Å². The maximum Gasteiger partial charge on any atom is 0.166 e. The molecule has 1 aliphatic rings. The van der Waals surface area contributed by atoms with E-state index in [0.29, 0.717) is 6.42 Å². The molecule has 0 spiro atoms. The fourth-order valence-corrected chi connectivity index (χ4v) is 2.55. The lowest BCUT2D eigenvalue weighted by molar-refractivity contribution is -0.228. The molecule has 3 heteroatoms. The number of aliphatic hydroxyl groups is 2. The molecule has 100 valence electrons. The Morgan fingerprint density at radius 1 is 1.17 bits per heavy atom. The second-order valence-electron chi connectivity index (χ2n) is 5.04. The van der Waals surface area contributed by atoms with Crippen LogP contribution in [0.2, 0.25) is 0 Å². The fraction of sp³-hybridized carbons (Fsp3) is 0.600. The molecule has 18 heavy (non-hydrogen) atoms. The molecule has 0 amide bonds. The Balaban J connectivity index is 2.05. The highest BCUT2D eigenvalue weighted by molar-refractivity contribution is 5.17. The summed E-state index contributed by atoms with van der Waals surface area (Å²) in [5.41, 5.74) is 1.08. The molecule has 2 N–H and O–H groups in total. The monoisotopic (exact) mass is 250 g/mol. The van der Waals surface area contributed by atoms with Gasteiger partial charge in [-0.3, -0.25) is 0 Å². The van der Waals surface area contributed by atoms with Gasteiger partial charge in [-0.2, -0.15) is 0 Å². The van der Waals surface area contributed by atoms with Gasteiger partial charge in [-0.25, -0.2) is 0 Å². The Bertz CT molecular complexity index is 344. The maximum absolute atomic E-state index is 10.3. The van der Waals surface area contributed by atoms with Gasteiger partial charge in [-0.15, -0.1) is 0 Å². The Kier molecular flexibility index (Phi) is 4.75. The molecule has 0 aromatic heterocycles. The number of benzene rings is 1. The fourth-order valence-electron chi connectivity index (χ4n) is 2.55. The third-order valence-electron chi connectivity index (χ3n) is 3.54. The zero-order chi connectivity index (χ0) is 12.8. The van der Waals surface area contributed by atoms with Crippen molar-refractivity contribution in [2.45, 2.75) is 50.4 Å². The van der Waals surface area contributed by atoms with Gasteiger partial charge in [-0.05, 0) is 31.2 Å². The molecule has 1 unspecified atom stereocenters. The van der Waals surface area contributed by atoms with E-state index in [2.05, 4.69) is 0 Å². The highest BCUT2D eigenvalue weighted by atomic mass is 16.6. The van der Waals surface area contributed by atoms with Crippen LogP contribution in [-0.4, -0.2) is 22.6 Å². The molecule has 1 atom stereocenters. The molecular formula is C15H22O3. The zero-order valence-corrected chi connectivity index (χ0v) is 10.7. The van der Waals surface area contributed by atoms with E-state index in [1.54, 1.807) is 0 Å². The quantitative estimate of drug-likeness (QED) is 0.763. The van der Waals surface area contributed by atoms with Crippen LogP contribution in [0, 0.1) is 0 Å². The predicted molar refractivity (Wildman–Crippen MR) is 70.0 cm³/mol. The summed E-state index contributed by atoms with van der Waals surface area (Å²) in [6.07, 6.45) is 4.79. The number of hydrogen-bond acceptors (Lipinski definition) is 3. The minimum atomic E-state index is -0.962. The standard InChI is InChI=1S/C15H22O3/c16-12-6-9-14(13-7-2-1-3-8-13)18-15(17)10-4-5-11-15/h1-3,7-8,14,16-17H,4-6,9-12H2. The van der Waals surface area contributed by atoms with Gasteiger partial charge >= 0.3 is 0 Å². The smallest absolute Gasteiger partial charge is 0.166 e. The van der Waals surface area contributed by atoms with Crippen molar-refractivity contribution < 1.29 is 14.9 Å². The summed E-state index contributed by atoms with van der Waals surface area (Å²) in [7, 11) is 0. The van der Waals surface area contributed by atoms with Crippen molar-refractivity contribution >= 4 is 0 Å². The van der Waals surface area contributed by atoms with Crippen LogP contribution in [0.5, 0.6) is 0 Å². The predicted octanol–water partition coefficient (Wildman–Crippen LogP) is 2.78. The molecule has 1 aliphatic carbocycles. The SMILES string of the molecule is OCCCC(OC1(O)CCCC1)c1ccccc1. The number of hydrogen-bond donors (Lipinski definition) is 2. The average molecular weight is 250 g/mol. The highest BCUT2D eigenvalue weighted by Gasteiger charge is 2.34. The minimum Gasteiger partial charge on any atom is -0.396 e. The molecule has 0 bridgehead atoms. The van der Waals surface area contributed by atoms with E-state index < -0.39 is 5.79 Å². The van der Waals surface area contributed by atoms with Crippen molar-refractivity contribution in [2.24, 2.45) is 0 Å². The number of ether oxygens (including phenoxy) is 1. The zero-order valence-electron chi connectivity index (χ0n) is 10.7. The molecule has 1 aromatic carbocycles. The first-order valence-corrected chi connectivity index (χ1v) is 6.79. The molecule has 1 saturated carbocycles. The molecule has 3 nitrogen and oxygen atoms in total. The van der Waals surface area contributed by atoms with Crippen LogP contribution in [0.15, 0.2) is 30.3 Å². The van der Waals surface area contributed by atoms with Crippen LogP contribution in [0.1, 0.15) is 50.2 Å². The van der Waals surface area contributed by atoms with Crippen molar-refractivity contribution in [3.63, 3.8) is 0 Å². The van der Waals surface area contributed by atoms with Crippen molar-refractivity contribution in [2.75, 3.05) is 6.61 Å². The average Bonchev–Trinajstić information content (AvgIpc) is 2.82. The van der Waals surface area contributed by atoms with E-state index in [-0.39, 0.29) is 12.7 Å². The molecule has 1 aromatic rings. The van der Waals surface area contributed by atoms with Crippen molar-refractivity contribution in [3.05, 3.63) is 35.9 Å². The van der Waals surface area contributed by atoms with Gasteiger partial charge in [0.2, 0.25) is 0 Å². The lowest BCUT2D eigenvalue weighted by atomic mass is 10.0. The van der Waals surface area contributed by atoms with Crippen LogP contribution >= 0.6 is 0 Å². The summed E-state index contributed by atoms with van der Waals surface area (Å²) in [5.74, 6) is -0.962. The lowest BCUT2D eigenvalue weighted by Gasteiger charge is -2.29. The van der Waals surface area contributed by atoms with E-state index in [1.165, 1.54) is 0 Å². The highest BCUT2D eigenvalue weighted by Crippen LogP contribution is 2.36. The topological polar surface area (TPSA) is 49.7 Å². The van der Waals surface area contributed by atoms with Crippen molar-refractivity contribution in [1.82, 2.24) is 0 Å². The minimum absolute atomic E-state index is 0.124. The van der Waals surface area contributed by atoms with Gasteiger partial charge < -0.3 is 14.9 Å². The molecule has 0 heterocycles. The number of rotatable bonds is 6. The number of aliphatic hydroxyl groups excluding tert-OH is 1. The van der Waals surface area contributed by atoms with Gasteiger partial charge in [0.25, 0.3) is 0 Å². The molecular weight excluding hydrogens is 228 g/mol. The third kappa shape index (κ3) is 3.55. The summed E-state index contributed by atoms with van der Waals surface area (Å²) >= 11 is 0. The Labute approximate surface area is 108 Å². The van der Waals surface area contributed by atoms with Gasteiger partial charge in [0.1, 0.15) is 0 Å². The Morgan fingerprint density at radius 2 is 1.83 bits per heavy atom. The molecule has 1 fully saturated rings. The molecule has 0 radical (unpaired) electrons. The van der Waals surface area contributed by atoms with E-state index in [9.17, 15) is 5.11 Å². The van der Waals surface area contributed by atoms with Crippen LogP contribution < -0.4 is 0 Å². The molecule has 0 saturated heterocycles. The van der Waals surface area contributed by atoms with Crippen LogP contribution in [0.25, 0.3) is 0 Å². The normalized spacial score (nSPS) is 19.9. The summed E-state index contributed by atoms with van der Waals surface area (Å²) < 4.78 is 5.93. The Morgan fingerprint density at radius 3 is 2.44 bits per heavy atom. The second kappa shape index (κ2) is 6.32. The van der Waals surface area contributed by atoms with Crippen molar-refractivity contribution in [1.29, 1.82) is 0 Å². The lowest BCUT2D eigenvalue weighted by Crippen LogP contribution is -2.30. The van der Waals surface area contributed by atoms with Crippen molar-refractivity contribution in [3.8, 4) is 0 Å². The summed E-state index contributed by atoms with van der Waals surface area (Å²) in [4.78, 5) is 0. The molecule has 0 aliphatic heterocycles. The maximum atomic E-state index is 10.3. The van der Waals surface area contributed by atoms with E-state index in [1.807, 2.05) is 30.3 Å². The van der Waals surface area contributed by atoms with E-state index >= 15 is 0 Å². The van der Waals surface area contributed by atoms with Gasteiger partial charge in [-0.1, -0.05) is 30.3 Å². The Hall–Kier alpha value is -0.900. The first-order chi connectivity index (χ1) is 8.73. The van der Waals surface area contributed by atoms with E-state index in [0.717, 1.165) is 37.7 Å². The van der Waals surface area contributed by atoms with Crippen LogP contribution in [-0.2, 0) is 4.74 Å². The van der Waals surface area contributed by atoms with Gasteiger partial charge in [0.15, 0.2) is 5.79 Å². The van der Waals surface area contributed by atoms with Gasteiger partial charge in [0.05, 0.1) is 6.10 Å². The first kappa shape index (κ1) is 13.5. The first-order valence-electron chi connectivity index (χ1n) is 6.79. The largest absolute Gasteiger partial charge is 0.396 e. The summed E-state index contributed by atoms with van der Waals surface area (Å²) in [6.45, 7) is 0.158. The molecule has 2 rings (SSSR count). The second-order valence-corrected chi connectivity index (χ2v) is 5.04. The summed E-state index contributed by atoms with van der Waals surface area (Å²) in [5, 5.41) is 19.3. The third-order valence-corrected chi connectivity index (χ3v) is 3.54. The summed E-state index contributed by atoms with van der Waals surface area (Å²) in [6, 6.07) is 9.95. The van der Waals surface area contributed by atoms with Crippen LogP contribution in [0.4, 0.5) is 0 Å². The van der Waals surface area contributed by atoms with E-state index in [4.69, 9.17) is 9.84 Å².